The molecule has 1 heterocycles. The molecule has 0 amide bonds. The fourth-order valence-electron chi connectivity index (χ4n) is 0.238. The van der Waals surface area contributed by atoms with Gasteiger partial charge in [0.25, 0.3) is 0 Å². The van der Waals surface area contributed by atoms with Crippen molar-refractivity contribution in [1.29, 1.82) is 0 Å². The van der Waals surface area contributed by atoms with Crippen LogP contribution in [0, 0.1) is 0 Å². The predicted octanol–water partition coefficient (Wildman–Crippen LogP) is -0.253. The van der Waals surface area contributed by atoms with Crippen molar-refractivity contribution >= 4 is 0 Å². The molecule has 1 aliphatic rings. The van der Waals surface area contributed by atoms with E-state index in [4.69, 9.17) is 5.73 Å². The minimum absolute atomic E-state index is 0.356. The summed E-state index contributed by atoms with van der Waals surface area (Å²) < 4.78 is 0. The van der Waals surface area contributed by atoms with Crippen LogP contribution in [0.3, 0.4) is 0 Å². The van der Waals surface area contributed by atoms with Crippen LogP contribution in [0.25, 0.3) is 0 Å². The summed E-state index contributed by atoms with van der Waals surface area (Å²) in [4.78, 5) is 8.57. The summed E-state index contributed by atoms with van der Waals surface area (Å²) in [6, 6.07) is 0. The summed E-state index contributed by atoms with van der Waals surface area (Å²) in [5.74, 6) is 0. The fraction of sp³-hybridized carbons (Fsp3) is 0.333. The van der Waals surface area contributed by atoms with Gasteiger partial charge in [0.2, 0.25) is 0 Å². The molecule has 3 nitrogen and oxygen atoms in total. The third kappa shape index (κ3) is 0.502. The molecule has 0 bridgehead atoms. The lowest BCUT2D eigenvalue weighted by atomic mass is 10.6. The molecule has 1 atom stereocenters. The standard InChI is InChI=1S/C3H5NO2/c4-3-1-2-5-6-3/h1-3H,4H2. The second-order valence-electron chi connectivity index (χ2n) is 0.986. The molecule has 6 heavy (non-hydrogen) atoms. The molecule has 0 aromatic rings. The topological polar surface area (TPSA) is 44.5 Å². The summed E-state index contributed by atoms with van der Waals surface area (Å²) in [5, 5.41) is 0. The highest BCUT2D eigenvalue weighted by atomic mass is 17.2. The third-order valence-corrected chi connectivity index (χ3v) is 0.490. The molecule has 0 spiro atoms. The van der Waals surface area contributed by atoms with E-state index in [1.165, 1.54) is 6.26 Å². The Morgan fingerprint density at radius 1 is 1.67 bits per heavy atom. The van der Waals surface area contributed by atoms with Gasteiger partial charge in [0.15, 0.2) is 6.23 Å². The van der Waals surface area contributed by atoms with Gasteiger partial charge in [-0.3, -0.25) is 5.73 Å². The molecule has 0 aromatic heterocycles. The zero-order chi connectivity index (χ0) is 4.41. The smallest absolute Gasteiger partial charge is 0.175 e. The Balaban J connectivity index is 2.38. The van der Waals surface area contributed by atoms with Gasteiger partial charge < -0.3 is 4.89 Å². The molecule has 0 radical (unpaired) electrons. The van der Waals surface area contributed by atoms with E-state index in [0.717, 1.165) is 0 Å². The van der Waals surface area contributed by atoms with Crippen LogP contribution in [0.1, 0.15) is 0 Å². The van der Waals surface area contributed by atoms with E-state index in [1.807, 2.05) is 0 Å². The quantitative estimate of drug-likeness (QED) is 0.414. The van der Waals surface area contributed by atoms with Crippen LogP contribution in [0.5, 0.6) is 0 Å². The maximum atomic E-state index is 5.10. The lowest BCUT2D eigenvalue weighted by Gasteiger charge is -1.91. The van der Waals surface area contributed by atoms with Gasteiger partial charge in [-0.15, -0.1) is 0 Å². The Bertz CT molecular complexity index is 71.2. The van der Waals surface area contributed by atoms with Crippen molar-refractivity contribution in [2.45, 2.75) is 6.23 Å². The van der Waals surface area contributed by atoms with Crippen molar-refractivity contribution in [3.8, 4) is 0 Å². The van der Waals surface area contributed by atoms with Crippen molar-refractivity contribution < 1.29 is 9.78 Å². The fourth-order valence-corrected chi connectivity index (χ4v) is 0.238. The first-order valence-corrected chi connectivity index (χ1v) is 1.64. The first-order valence-electron chi connectivity index (χ1n) is 1.64. The first kappa shape index (κ1) is 3.64. The Morgan fingerprint density at radius 3 is 2.67 bits per heavy atom. The highest BCUT2D eigenvalue weighted by molar-refractivity contribution is 4.81. The average Bonchev–Trinajstić information content (AvgIpc) is 1.86. The zero-order valence-corrected chi connectivity index (χ0v) is 3.13. The summed E-state index contributed by atoms with van der Waals surface area (Å²) >= 11 is 0. The van der Waals surface area contributed by atoms with Crippen LogP contribution in [-0.2, 0) is 9.78 Å². The normalized spacial score (nSPS) is 30.5. The van der Waals surface area contributed by atoms with E-state index in [-0.39, 0.29) is 6.23 Å². The Hall–Kier alpha value is -0.540. The minimum Gasteiger partial charge on any atom is -0.344 e. The van der Waals surface area contributed by atoms with E-state index in [2.05, 4.69) is 9.78 Å². The Kier molecular flexibility index (Phi) is 0.777. The Morgan fingerprint density at radius 2 is 2.50 bits per heavy atom. The van der Waals surface area contributed by atoms with Crippen molar-refractivity contribution in [2.24, 2.45) is 5.73 Å². The molecular formula is C3H5NO2. The van der Waals surface area contributed by atoms with Crippen LogP contribution in [0.4, 0.5) is 0 Å². The lowest BCUT2D eigenvalue weighted by molar-refractivity contribution is -0.250. The van der Waals surface area contributed by atoms with Crippen LogP contribution in [-0.4, -0.2) is 6.23 Å². The van der Waals surface area contributed by atoms with Gasteiger partial charge in [-0.1, -0.05) is 0 Å². The van der Waals surface area contributed by atoms with Crippen molar-refractivity contribution in [3.05, 3.63) is 12.3 Å². The van der Waals surface area contributed by atoms with Gasteiger partial charge in [0.05, 0.1) is 0 Å². The van der Waals surface area contributed by atoms with Crippen molar-refractivity contribution in [3.63, 3.8) is 0 Å². The number of rotatable bonds is 0. The minimum atomic E-state index is -0.356. The summed E-state index contributed by atoms with van der Waals surface area (Å²) in [5.41, 5.74) is 5.10. The van der Waals surface area contributed by atoms with Crippen LogP contribution in [0.2, 0.25) is 0 Å². The van der Waals surface area contributed by atoms with Gasteiger partial charge in [-0.25, -0.2) is 0 Å². The maximum absolute atomic E-state index is 5.10. The summed E-state index contributed by atoms with van der Waals surface area (Å²) in [6.45, 7) is 0. The molecule has 1 unspecified atom stereocenters. The highest BCUT2D eigenvalue weighted by Crippen LogP contribution is 1.95. The number of hydrogen-bond acceptors (Lipinski definition) is 3. The zero-order valence-electron chi connectivity index (χ0n) is 3.13. The molecule has 0 saturated heterocycles. The van der Waals surface area contributed by atoms with Crippen LogP contribution >= 0.6 is 0 Å². The van der Waals surface area contributed by atoms with E-state index in [9.17, 15) is 0 Å². The predicted molar refractivity (Wildman–Crippen MR) is 19.3 cm³/mol. The van der Waals surface area contributed by atoms with Gasteiger partial charge in [-0.05, 0) is 0 Å². The summed E-state index contributed by atoms with van der Waals surface area (Å²) in [7, 11) is 0. The third-order valence-electron chi connectivity index (χ3n) is 0.490. The van der Waals surface area contributed by atoms with E-state index < -0.39 is 0 Å². The second kappa shape index (κ2) is 1.28. The molecular weight excluding hydrogens is 82.0 g/mol. The molecule has 34 valence electrons. The van der Waals surface area contributed by atoms with Crippen LogP contribution < -0.4 is 5.73 Å². The maximum Gasteiger partial charge on any atom is 0.175 e. The molecule has 0 saturated carbocycles. The highest BCUT2D eigenvalue weighted by Gasteiger charge is 2.01. The van der Waals surface area contributed by atoms with E-state index >= 15 is 0 Å². The van der Waals surface area contributed by atoms with Crippen LogP contribution in [0.15, 0.2) is 12.3 Å². The molecule has 0 aliphatic carbocycles. The largest absolute Gasteiger partial charge is 0.344 e. The molecule has 0 fully saturated rings. The first-order chi connectivity index (χ1) is 2.89. The molecule has 1 rings (SSSR count). The number of nitrogens with two attached hydrogens (primary N) is 1. The second-order valence-corrected chi connectivity index (χ2v) is 0.986. The van der Waals surface area contributed by atoms with Crippen molar-refractivity contribution in [2.75, 3.05) is 0 Å². The van der Waals surface area contributed by atoms with Gasteiger partial charge in [-0.2, -0.15) is 4.89 Å². The molecule has 0 aromatic carbocycles. The monoisotopic (exact) mass is 87.0 g/mol. The SMILES string of the molecule is NC1C=COO1. The van der Waals surface area contributed by atoms with Gasteiger partial charge in [0, 0.05) is 6.08 Å². The summed E-state index contributed by atoms with van der Waals surface area (Å²) in [6.07, 6.45) is 2.66. The van der Waals surface area contributed by atoms with E-state index in [1.54, 1.807) is 6.08 Å². The molecule has 3 heteroatoms. The van der Waals surface area contributed by atoms with Gasteiger partial charge >= 0.3 is 0 Å². The lowest BCUT2D eigenvalue weighted by Crippen LogP contribution is -2.15. The van der Waals surface area contributed by atoms with E-state index in [0.29, 0.717) is 0 Å². The molecule has 2 N–H and O–H groups in total. The average molecular weight is 87.1 g/mol. The Labute approximate surface area is 35.3 Å². The number of hydrogen-bond donors (Lipinski definition) is 1. The van der Waals surface area contributed by atoms with Crippen molar-refractivity contribution in [1.82, 2.24) is 0 Å². The molecule has 1 aliphatic heterocycles. The van der Waals surface area contributed by atoms with Gasteiger partial charge in [0.1, 0.15) is 6.26 Å².